The molecule has 2 rings (SSSR count). The van der Waals surface area contributed by atoms with Crippen LogP contribution in [0.3, 0.4) is 0 Å². The number of carbonyl (C=O) groups excluding carboxylic acids is 1. The molecule has 0 radical (unpaired) electrons. The van der Waals surface area contributed by atoms with Crippen LogP contribution >= 0.6 is 0 Å². The molecule has 0 aliphatic carbocycles. The fourth-order valence-corrected chi connectivity index (χ4v) is 2.12. The van der Waals surface area contributed by atoms with Gasteiger partial charge in [0.25, 0.3) is 6.47 Å². The molecule has 1 aliphatic rings. The molecule has 1 aromatic carbocycles. The van der Waals surface area contributed by atoms with Crippen molar-refractivity contribution < 1.29 is 9.53 Å². The Labute approximate surface area is 133 Å². The molecule has 4 N–H and O–H groups in total. The van der Waals surface area contributed by atoms with Gasteiger partial charge in [-0.25, -0.2) is 0 Å². The molecule has 1 aliphatic heterocycles. The van der Waals surface area contributed by atoms with Crippen molar-refractivity contribution in [3.63, 3.8) is 0 Å². The van der Waals surface area contributed by atoms with Crippen molar-refractivity contribution >= 4 is 12.2 Å². The zero-order chi connectivity index (χ0) is 16.4. The van der Waals surface area contributed by atoms with Crippen molar-refractivity contribution in [2.45, 2.75) is 51.8 Å². The molecule has 1 heterocycles. The van der Waals surface area contributed by atoms with E-state index in [0.29, 0.717) is 12.5 Å². The summed E-state index contributed by atoms with van der Waals surface area (Å²) in [6, 6.07) is 8.70. The van der Waals surface area contributed by atoms with E-state index in [-0.39, 0.29) is 5.60 Å². The SMILES string of the molecule is CC(C)(C)OC=O.Nc1ccccc1CNC1CCNCC1. The van der Waals surface area contributed by atoms with Gasteiger partial charge in [-0.1, -0.05) is 18.2 Å². The summed E-state index contributed by atoms with van der Waals surface area (Å²) in [7, 11) is 0. The van der Waals surface area contributed by atoms with Crippen LogP contribution in [0.15, 0.2) is 24.3 Å². The second-order valence-corrected chi connectivity index (χ2v) is 6.43. The maximum atomic E-state index is 9.60. The Morgan fingerprint density at radius 2 is 1.95 bits per heavy atom. The lowest BCUT2D eigenvalue weighted by Crippen LogP contribution is -2.39. The average molecular weight is 307 g/mol. The maximum absolute atomic E-state index is 9.60. The molecule has 5 nitrogen and oxygen atoms in total. The van der Waals surface area contributed by atoms with Gasteiger partial charge >= 0.3 is 0 Å². The zero-order valence-corrected chi connectivity index (χ0v) is 13.9. The summed E-state index contributed by atoms with van der Waals surface area (Å²) in [6.45, 7) is 9.06. The Bertz CT molecular complexity index is 438. The lowest BCUT2D eigenvalue weighted by molar-refractivity contribution is -0.138. The van der Waals surface area contributed by atoms with Gasteiger partial charge in [-0.05, 0) is 58.3 Å². The number of ether oxygens (including phenoxy) is 1. The van der Waals surface area contributed by atoms with E-state index >= 15 is 0 Å². The lowest BCUT2D eigenvalue weighted by Gasteiger charge is -2.24. The maximum Gasteiger partial charge on any atom is 0.293 e. The second kappa shape index (κ2) is 9.43. The van der Waals surface area contributed by atoms with Crippen molar-refractivity contribution in [1.29, 1.82) is 0 Å². The van der Waals surface area contributed by atoms with Gasteiger partial charge in [0.1, 0.15) is 5.60 Å². The molecule has 0 saturated carbocycles. The number of benzene rings is 1. The fourth-order valence-electron chi connectivity index (χ4n) is 2.12. The van der Waals surface area contributed by atoms with Gasteiger partial charge in [0, 0.05) is 18.3 Å². The summed E-state index contributed by atoms with van der Waals surface area (Å²) in [5, 5.41) is 6.92. The normalized spacial score (nSPS) is 15.6. The summed E-state index contributed by atoms with van der Waals surface area (Å²) >= 11 is 0. The predicted octanol–water partition coefficient (Wildman–Crippen LogP) is 2.07. The number of carbonyl (C=O) groups is 1. The Balaban J connectivity index is 0.000000295. The van der Waals surface area contributed by atoms with Crippen LogP contribution in [-0.2, 0) is 16.1 Å². The van der Waals surface area contributed by atoms with Crippen LogP contribution in [0.1, 0.15) is 39.2 Å². The Morgan fingerprint density at radius 1 is 1.32 bits per heavy atom. The number of hydrogen-bond donors (Lipinski definition) is 3. The molecular formula is C17H29N3O2. The van der Waals surface area contributed by atoms with Crippen molar-refractivity contribution in [1.82, 2.24) is 10.6 Å². The van der Waals surface area contributed by atoms with Gasteiger partial charge in [-0.2, -0.15) is 0 Å². The largest absolute Gasteiger partial charge is 0.462 e. The topological polar surface area (TPSA) is 76.4 Å². The predicted molar refractivity (Wildman–Crippen MR) is 90.5 cm³/mol. The minimum atomic E-state index is -0.318. The molecule has 0 atom stereocenters. The smallest absolute Gasteiger partial charge is 0.293 e. The number of hydrogen-bond acceptors (Lipinski definition) is 5. The van der Waals surface area contributed by atoms with Gasteiger partial charge in [0.05, 0.1) is 0 Å². The van der Waals surface area contributed by atoms with Gasteiger partial charge in [0.2, 0.25) is 0 Å². The van der Waals surface area contributed by atoms with Crippen LogP contribution in [0.4, 0.5) is 5.69 Å². The first-order valence-electron chi connectivity index (χ1n) is 7.81. The third-order valence-electron chi connectivity index (χ3n) is 3.38. The molecule has 0 amide bonds. The van der Waals surface area contributed by atoms with Crippen LogP contribution in [0.25, 0.3) is 0 Å². The molecular weight excluding hydrogens is 278 g/mol. The zero-order valence-electron chi connectivity index (χ0n) is 13.9. The minimum absolute atomic E-state index is 0.318. The summed E-state index contributed by atoms with van der Waals surface area (Å²) in [5.41, 5.74) is 7.66. The van der Waals surface area contributed by atoms with Crippen LogP contribution in [0, 0.1) is 0 Å². The van der Waals surface area contributed by atoms with Crippen molar-refractivity contribution in [2.24, 2.45) is 0 Å². The molecule has 0 spiro atoms. The number of nitrogens with one attached hydrogen (secondary N) is 2. The molecule has 1 aromatic rings. The van der Waals surface area contributed by atoms with Crippen LogP contribution in [0.2, 0.25) is 0 Å². The Morgan fingerprint density at radius 3 is 2.45 bits per heavy atom. The number of piperidine rings is 1. The average Bonchev–Trinajstić information content (AvgIpc) is 2.47. The first-order chi connectivity index (χ1) is 10.4. The Hall–Kier alpha value is -1.59. The molecule has 22 heavy (non-hydrogen) atoms. The number of para-hydroxylation sites is 1. The van der Waals surface area contributed by atoms with Crippen molar-refractivity contribution in [3.8, 4) is 0 Å². The van der Waals surface area contributed by atoms with E-state index in [9.17, 15) is 4.79 Å². The van der Waals surface area contributed by atoms with E-state index in [1.165, 1.54) is 18.4 Å². The standard InChI is InChI=1S/C12H19N3.C5H10O2/c13-12-4-2-1-3-10(12)9-15-11-5-7-14-8-6-11;1-5(2,3)7-4-6/h1-4,11,14-15H,5-9,13H2;4H,1-3H3. The number of rotatable bonds is 4. The molecule has 0 bridgehead atoms. The molecule has 0 aromatic heterocycles. The molecule has 1 saturated heterocycles. The van der Waals surface area contributed by atoms with E-state index < -0.39 is 0 Å². The van der Waals surface area contributed by atoms with E-state index in [2.05, 4.69) is 21.4 Å². The highest BCUT2D eigenvalue weighted by molar-refractivity contribution is 5.46. The van der Waals surface area contributed by atoms with E-state index in [1.807, 2.05) is 39.0 Å². The van der Waals surface area contributed by atoms with Gasteiger partial charge in [-0.3, -0.25) is 4.79 Å². The van der Waals surface area contributed by atoms with Crippen LogP contribution in [-0.4, -0.2) is 31.2 Å². The quantitative estimate of drug-likeness (QED) is 0.586. The molecule has 5 heteroatoms. The molecule has 124 valence electrons. The van der Waals surface area contributed by atoms with E-state index in [1.54, 1.807) is 0 Å². The number of anilines is 1. The van der Waals surface area contributed by atoms with E-state index in [0.717, 1.165) is 25.3 Å². The number of nitrogens with two attached hydrogens (primary N) is 1. The lowest BCUT2D eigenvalue weighted by atomic mass is 10.1. The first-order valence-corrected chi connectivity index (χ1v) is 7.81. The van der Waals surface area contributed by atoms with Crippen LogP contribution < -0.4 is 16.4 Å². The number of nitrogen functional groups attached to an aromatic ring is 1. The van der Waals surface area contributed by atoms with Crippen molar-refractivity contribution in [2.75, 3.05) is 18.8 Å². The monoisotopic (exact) mass is 307 g/mol. The summed E-state index contributed by atoms with van der Waals surface area (Å²) in [6.07, 6.45) is 2.43. The van der Waals surface area contributed by atoms with Crippen molar-refractivity contribution in [3.05, 3.63) is 29.8 Å². The highest BCUT2D eigenvalue weighted by atomic mass is 16.5. The molecule has 1 fully saturated rings. The highest BCUT2D eigenvalue weighted by Gasteiger charge is 2.12. The van der Waals surface area contributed by atoms with Gasteiger partial charge < -0.3 is 21.1 Å². The summed E-state index contributed by atoms with van der Waals surface area (Å²) in [5.74, 6) is 0. The van der Waals surface area contributed by atoms with Gasteiger partial charge in [-0.15, -0.1) is 0 Å². The molecule has 0 unspecified atom stereocenters. The first kappa shape index (κ1) is 18.5. The van der Waals surface area contributed by atoms with E-state index in [4.69, 9.17) is 5.73 Å². The second-order valence-electron chi connectivity index (χ2n) is 6.43. The fraction of sp³-hybridized carbons (Fsp3) is 0.588. The van der Waals surface area contributed by atoms with Gasteiger partial charge in [0.15, 0.2) is 0 Å². The highest BCUT2D eigenvalue weighted by Crippen LogP contribution is 2.11. The third-order valence-corrected chi connectivity index (χ3v) is 3.38. The minimum Gasteiger partial charge on any atom is -0.462 e. The third kappa shape index (κ3) is 8.00. The van der Waals surface area contributed by atoms with Crippen LogP contribution in [0.5, 0.6) is 0 Å². The summed E-state index contributed by atoms with van der Waals surface area (Å²) in [4.78, 5) is 9.60. The Kier molecular flexibility index (Phi) is 7.91. The summed E-state index contributed by atoms with van der Waals surface area (Å²) < 4.78 is 4.55.